The molecule has 0 aliphatic heterocycles. The minimum atomic E-state index is -1.23. The Morgan fingerprint density at radius 2 is 2.00 bits per heavy atom. The lowest BCUT2D eigenvalue weighted by atomic mass is 10.1. The number of rotatable bonds is 7. The van der Waals surface area contributed by atoms with Crippen LogP contribution in [0.1, 0.15) is 17.5 Å². The monoisotopic (exact) mass is 297 g/mol. The third kappa shape index (κ3) is 5.22. The summed E-state index contributed by atoms with van der Waals surface area (Å²) >= 11 is 1.54. The number of aliphatic hydroxyl groups excluding tert-OH is 1. The fourth-order valence-corrected chi connectivity index (χ4v) is 2.46. The minimum Gasteiger partial charge on any atom is -0.480 e. The summed E-state index contributed by atoms with van der Waals surface area (Å²) in [4.78, 5) is 23.3. The highest BCUT2D eigenvalue weighted by atomic mass is 32.2. The Bertz CT molecular complexity index is 490. The average molecular weight is 297 g/mol. The van der Waals surface area contributed by atoms with Crippen molar-refractivity contribution in [3.05, 3.63) is 29.3 Å². The van der Waals surface area contributed by atoms with E-state index in [9.17, 15) is 9.59 Å². The van der Waals surface area contributed by atoms with E-state index in [0.717, 1.165) is 4.90 Å². The van der Waals surface area contributed by atoms with Crippen LogP contribution in [0.15, 0.2) is 23.1 Å². The second-order valence-electron chi connectivity index (χ2n) is 4.49. The molecule has 1 rings (SSSR count). The molecule has 1 atom stereocenters. The topological polar surface area (TPSA) is 86.6 Å². The second-order valence-corrected chi connectivity index (χ2v) is 5.65. The van der Waals surface area contributed by atoms with Gasteiger partial charge in [-0.15, -0.1) is 11.8 Å². The number of benzene rings is 1. The van der Waals surface area contributed by atoms with Crippen molar-refractivity contribution in [1.29, 1.82) is 0 Å². The van der Waals surface area contributed by atoms with E-state index in [2.05, 4.69) is 11.4 Å². The number of carboxylic acids is 1. The van der Waals surface area contributed by atoms with Crippen molar-refractivity contribution in [3.8, 4) is 0 Å². The number of hydrogen-bond acceptors (Lipinski definition) is 4. The summed E-state index contributed by atoms with van der Waals surface area (Å²) in [6, 6.07) is 4.86. The molecule has 0 heterocycles. The highest BCUT2D eigenvalue weighted by molar-refractivity contribution is 7.99. The maximum atomic E-state index is 11.5. The number of carboxylic acid groups (broad SMARTS) is 1. The van der Waals surface area contributed by atoms with E-state index < -0.39 is 18.6 Å². The van der Waals surface area contributed by atoms with Crippen molar-refractivity contribution in [2.75, 3.05) is 12.4 Å². The van der Waals surface area contributed by atoms with Crippen molar-refractivity contribution < 1.29 is 19.8 Å². The van der Waals surface area contributed by atoms with Gasteiger partial charge in [0.15, 0.2) is 0 Å². The highest BCUT2D eigenvalue weighted by Crippen LogP contribution is 2.21. The van der Waals surface area contributed by atoms with Crippen molar-refractivity contribution in [2.45, 2.75) is 31.2 Å². The summed E-state index contributed by atoms with van der Waals surface area (Å²) < 4.78 is 0. The first-order valence-corrected chi connectivity index (χ1v) is 7.25. The van der Waals surface area contributed by atoms with E-state index in [4.69, 9.17) is 10.2 Å². The first-order valence-electron chi connectivity index (χ1n) is 6.27. The van der Waals surface area contributed by atoms with Gasteiger partial charge in [-0.05, 0) is 37.1 Å². The normalized spacial score (nSPS) is 11.9. The number of carbonyl (C=O) groups excluding carboxylic acids is 1. The number of aryl methyl sites for hydroxylation is 2. The molecule has 0 spiro atoms. The van der Waals surface area contributed by atoms with Crippen LogP contribution in [-0.4, -0.2) is 40.5 Å². The lowest BCUT2D eigenvalue weighted by Crippen LogP contribution is -2.43. The van der Waals surface area contributed by atoms with Gasteiger partial charge in [-0.25, -0.2) is 4.79 Å². The summed E-state index contributed by atoms with van der Waals surface area (Å²) in [5.74, 6) is -1.04. The van der Waals surface area contributed by atoms with Gasteiger partial charge in [-0.1, -0.05) is 6.07 Å². The smallest absolute Gasteiger partial charge is 0.328 e. The summed E-state index contributed by atoms with van der Waals surface area (Å²) in [6.45, 7) is 3.47. The Hall–Kier alpha value is -1.53. The molecule has 0 radical (unpaired) electrons. The summed E-state index contributed by atoms with van der Waals surface area (Å²) in [7, 11) is 0. The molecule has 0 saturated carbocycles. The van der Waals surface area contributed by atoms with Gasteiger partial charge in [0.25, 0.3) is 0 Å². The number of aliphatic carboxylic acids is 1. The van der Waals surface area contributed by atoms with Gasteiger partial charge in [0.05, 0.1) is 6.61 Å². The van der Waals surface area contributed by atoms with Crippen LogP contribution in [0, 0.1) is 13.8 Å². The molecule has 0 bridgehead atoms. The standard InChI is InChI=1S/C14H19NO4S/c1-9-3-4-11(7-10(9)2)20-6-5-13(17)15-12(8-16)14(18)19/h3-4,7,12,16H,5-6,8H2,1-2H3,(H,15,17)(H,18,19). The SMILES string of the molecule is Cc1ccc(SCCC(=O)NC(CO)C(=O)O)cc1C. The van der Waals surface area contributed by atoms with Crippen LogP contribution in [-0.2, 0) is 9.59 Å². The highest BCUT2D eigenvalue weighted by Gasteiger charge is 2.18. The lowest BCUT2D eigenvalue weighted by molar-refractivity contribution is -0.142. The van der Waals surface area contributed by atoms with Gasteiger partial charge in [-0.2, -0.15) is 0 Å². The van der Waals surface area contributed by atoms with Gasteiger partial charge in [0.1, 0.15) is 6.04 Å². The number of amides is 1. The van der Waals surface area contributed by atoms with Crippen molar-refractivity contribution in [3.63, 3.8) is 0 Å². The van der Waals surface area contributed by atoms with Crippen LogP contribution in [0.2, 0.25) is 0 Å². The fraction of sp³-hybridized carbons (Fsp3) is 0.429. The maximum absolute atomic E-state index is 11.5. The van der Waals surface area contributed by atoms with Gasteiger partial charge in [0, 0.05) is 17.1 Å². The molecule has 0 aliphatic carbocycles. The zero-order valence-electron chi connectivity index (χ0n) is 11.5. The predicted molar refractivity (Wildman–Crippen MR) is 77.9 cm³/mol. The Balaban J connectivity index is 2.38. The zero-order chi connectivity index (χ0) is 15.1. The maximum Gasteiger partial charge on any atom is 0.328 e. The number of carbonyl (C=O) groups is 2. The van der Waals surface area contributed by atoms with E-state index in [-0.39, 0.29) is 12.3 Å². The van der Waals surface area contributed by atoms with Crippen molar-refractivity contribution in [1.82, 2.24) is 5.32 Å². The molecular formula is C14H19NO4S. The van der Waals surface area contributed by atoms with E-state index in [0.29, 0.717) is 5.75 Å². The molecule has 0 saturated heterocycles. The van der Waals surface area contributed by atoms with Crippen molar-refractivity contribution >= 4 is 23.6 Å². The molecule has 1 unspecified atom stereocenters. The molecule has 110 valence electrons. The average Bonchev–Trinajstić information content (AvgIpc) is 2.39. The number of hydrogen-bond donors (Lipinski definition) is 3. The zero-order valence-corrected chi connectivity index (χ0v) is 12.4. The lowest BCUT2D eigenvalue weighted by Gasteiger charge is -2.11. The largest absolute Gasteiger partial charge is 0.480 e. The molecule has 0 fully saturated rings. The van der Waals surface area contributed by atoms with Crippen LogP contribution in [0.4, 0.5) is 0 Å². The molecule has 1 amide bonds. The van der Waals surface area contributed by atoms with Crippen LogP contribution in [0.3, 0.4) is 0 Å². The van der Waals surface area contributed by atoms with Crippen LogP contribution < -0.4 is 5.32 Å². The molecular weight excluding hydrogens is 278 g/mol. The first kappa shape index (κ1) is 16.5. The van der Waals surface area contributed by atoms with Gasteiger partial charge in [-0.3, -0.25) is 4.79 Å². The molecule has 1 aromatic carbocycles. The molecule has 5 nitrogen and oxygen atoms in total. The number of nitrogens with one attached hydrogen (secondary N) is 1. The quantitative estimate of drug-likeness (QED) is 0.661. The molecule has 0 aromatic heterocycles. The van der Waals surface area contributed by atoms with Gasteiger partial charge >= 0.3 is 5.97 Å². The molecule has 3 N–H and O–H groups in total. The third-order valence-corrected chi connectivity index (χ3v) is 3.89. The second kappa shape index (κ2) is 7.91. The van der Waals surface area contributed by atoms with E-state index >= 15 is 0 Å². The Morgan fingerprint density at radius 1 is 1.30 bits per heavy atom. The summed E-state index contributed by atoms with van der Waals surface area (Å²) in [5, 5.41) is 19.8. The minimum absolute atomic E-state index is 0.210. The summed E-state index contributed by atoms with van der Waals surface area (Å²) in [6.07, 6.45) is 0.210. The fourth-order valence-electron chi connectivity index (χ4n) is 1.52. The Morgan fingerprint density at radius 3 is 2.55 bits per heavy atom. The van der Waals surface area contributed by atoms with Crippen LogP contribution >= 0.6 is 11.8 Å². The number of aliphatic hydroxyl groups is 1. The molecule has 20 heavy (non-hydrogen) atoms. The predicted octanol–water partition coefficient (Wildman–Crippen LogP) is 1.35. The van der Waals surface area contributed by atoms with E-state index in [1.165, 1.54) is 11.1 Å². The third-order valence-electron chi connectivity index (χ3n) is 2.89. The van der Waals surface area contributed by atoms with Crippen LogP contribution in [0.25, 0.3) is 0 Å². The van der Waals surface area contributed by atoms with Crippen molar-refractivity contribution in [2.24, 2.45) is 0 Å². The molecule has 6 heteroatoms. The molecule has 0 aliphatic rings. The van der Waals surface area contributed by atoms with Gasteiger partial charge < -0.3 is 15.5 Å². The van der Waals surface area contributed by atoms with E-state index in [1.807, 2.05) is 26.0 Å². The first-order chi connectivity index (χ1) is 9.43. The number of thioether (sulfide) groups is 1. The molecule has 1 aromatic rings. The Kier molecular flexibility index (Phi) is 6.54. The van der Waals surface area contributed by atoms with Gasteiger partial charge in [0.2, 0.25) is 5.91 Å². The summed E-state index contributed by atoms with van der Waals surface area (Å²) in [5.41, 5.74) is 2.42. The Labute approximate surface area is 122 Å². The van der Waals surface area contributed by atoms with Crippen LogP contribution in [0.5, 0.6) is 0 Å². The van der Waals surface area contributed by atoms with E-state index in [1.54, 1.807) is 11.8 Å².